The quantitative estimate of drug-likeness (QED) is 0.682. The minimum atomic E-state index is -0.762. The summed E-state index contributed by atoms with van der Waals surface area (Å²) in [5, 5.41) is 9.46. The highest BCUT2D eigenvalue weighted by Gasteiger charge is 2.40. The Hall–Kier alpha value is -0.500. The predicted molar refractivity (Wildman–Crippen MR) is 45.9 cm³/mol. The average Bonchev–Trinajstić information content (AvgIpc) is 2.31. The van der Waals surface area contributed by atoms with Crippen LogP contribution in [-0.2, 0) is 4.79 Å². The molecule has 1 saturated carbocycles. The Labute approximate surface area is 76.2 Å². The summed E-state index contributed by atoms with van der Waals surface area (Å²) in [5.74, 6) is -0.324. The second-order valence-corrected chi connectivity index (χ2v) is 4.14. The smallest absolute Gasteiger partial charge is 0.312 e. The first kappa shape index (κ1) is 8.11. The molecule has 2 rings (SSSR count). The van der Waals surface area contributed by atoms with E-state index < -0.39 is 11.9 Å². The van der Waals surface area contributed by atoms with Gasteiger partial charge < -0.3 is 5.11 Å². The van der Waals surface area contributed by atoms with E-state index >= 15 is 0 Å². The van der Waals surface area contributed by atoms with E-state index in [4.69, 9.17) is 16.7 Å². The van der Waals surface area contributed by atoms with Gasteiger partial charge in [-0.25, -0.2) is 0 Å². The second-order valence-electron chi connectivity index (χ2n) is 3.70. The van der Waals surface area contributed by atoms with Crippen LogP contribution in [0.15, 0.2) is 11.1 Å². The van der Waals surface area contributed by atoms with Crippen LogP contribution in [0.25, 0.3) is 0 Å². The Bertz CT molecular complexity index is 247. The maximum Gasteiger partial charge on any atom is 0.312 e. The van der Waals surface area contributed by atoms with E-state index in [-0.39, 0.29) is 0 Å². The SMILES string of the molecule is O=C(O)C1C(Cl)=CC2CCC1C2. The van der Waals surface area contributed by atoms with Crippen LogP contribution < -0.4 is 0 Å². The minimum Gasteiger partial charge on any atom is -0.481 e. The zero-order valence-electron chi connectivity index (χ0n) is 6.66. The molecule has 3 atom stereocenters. The number of fused-ring (bicyclic) bond motifs is 2. The first-order chi connectivity index (χ1) is 5.68. The molecule has 2 aliphatic rings. The highest BCUT2D eigenvalue weighted by molar-refractivity contribution is 6.31. The largest absolute Gasteiger partial charge is 0.481 e. The van der Waals surface area contributed by atoms with Gasteiger partial charge in [0.05, 0.1) is 5.92 Å². The van der Waals surface area contributed by atoms with Crippen LogP contribution in [0.5, 0.6) is 0 Å². The van der Waals surface area contributed by atoms with Crippen molar-refractivity contribution in [1.29, 1.82) is 0 Å². The fraction of sp³-hybridized carbons (Fsp3) is 0.667. The minimum absolute atomic E-state index is 0.296. The van der Waals surface area contributed by atoms with Crippen molar-refractivity contribution in [2.24, 2.45) is 17.8 Å². The highest BCUT2D eigenvalue weighted by atomic mass is 35.5. The van der Waals surface area contributed by atoms with Crippen molar-refractivity contribution in [2.75, 3.05) is 0 Å². The number of carboxylic acid groups (broad SMARTS) is 1. The molecule has 0 amide bonds. The van der Waals surface area contributed by atoms with Gasteiger partial charge in [-0.05, 0) is 31.1 Å². The van der Waals surface area contributed by atoms with E-state index in [0.29, 0.717) is 16.9 Å². The summed E-state index contributed by atoms with van der Waals surface area (Å²) in [5.41, 5.74) is 0. The first-order valence-corrected chi connectivity index (χ1v) is 4.66. The van der Waals surface area contributed by atoms with Crippen molar-refractivity contribution in [3.8, 4) is 0 Å². The standard InChI is InChI=1S/C9H11ClO2/c10-7-4-5-1-2-6(3-5)8(7)9(11)12/h4-6,8H,1-3H2,(H,11,12). The molecular weight excluding hydrogens is 176 g/mol. The van der Waals surface area contributed by atoms with Crippen LogP contribution in [0, 0.1) is 17.8 Å². The third-order valence-corrected chi connectivity index (χ3v) is 3.30. The van der Waals surface area contributed by atoms with E-state index in [1.165, 1.54) is 0 Å². The van der Waals surface area contributed by atoms with Gasteiger partial charge in [-0.15, -0.1) is 0 Å². The third kappa shape index (κ3) is 1.14. The van der Waals surface area contributed by atoms with E-state index in [9.17, 15) is 4.79 Å². The van der Waals surface area contributed by atoms with E-state index in [1.807, 2.05) is 6.08 Å². The number of halogens is 1. The molecule has 0 aliphatic heterocycles. The molecule has 66 valence electrons. The maximum atomic E-state index is 10.8. The Morgan fingerprint density at radius 3 is 3.00 bits per heavy atom. The first-order valence-electron chi connectivity index (χ1n) is 4.28. The van der Waals surface area contributed by atoms with Gasteiger partial charge in [-0.1, -0.05) is 17.7 Å². The molecule has 3 unspecified atom stereocenters. The molecule has 0 spiro atoms. The molecule has 1 fully saturated rings. The number of rotatable bonds is 1. The molecule has 0 aromatic heterocycles. The lowest BCUT2D eigenvalue weighted by atomic mass is 9.85. The number of hydrogen-bond donors (Lipinski definition) is 1. The molecule has 0 aromatic rings. The van der Waals surface area contributed by atoms with Crippen molar-refractivity contribution in [3.63, 3.8) is 0 Å². The highest BCUT2D eigenvalue weighted by Crippen LogP contribution is 2.45. The molecule has 0 radical (unpaired) electrons. The summed E-state index contributed by atoms with van der Waals surface area (Å²) in [7, 11) is 0. The molecule has 1 N–H and O–H groups in total. The normalized spacial score (nSPS) is 39.4. The van der Waals surface area contributed by atoms with Crippen LogP contribution in [0.3, 0.4) is 0 Å². The fourth-order valence-electron chi connectivity index (χ4n) is 2.38. The molecule has 2 aliphatic carbocycles. The number of carbonyl (C=O) groups is 1. The zero-order valence-corrected chi connectivity index (χ0v) is 7.42. The van der Waals surface area contributed by atoms with Crippen LogP contribution in [-0.4, -0.2) is 11.1 Å². The molecule has 12 heavy (non-hydrogen) atoms. The summed E-state index contributed by atoms with van der Waals surface area (Å²) in [4.78, 5) is 10.8. The van der Waals surface area contributed by atoms with Crippen molar-refractivity contribution in [1.82, 2.24) is 0 Å². The van der Waals surface area contributed by atoms with Crippen molar-refractivity contribution < 1.29 is 9.90 Å². The number of allylic oxidation sites excluding steroid dienone is 1. The summed E-state index contributed by atoms with van der Waals surface area (Å²) < 4.78 is 0. The summed E-state index contributed by atoms with van der Waals surface area (Å²) in [6, 6.07) is 0. The monoisotopic (exact) mass is 186 g/mol. The van der Waals surface area contributed by atoms with Gasteiger partial charge in [0, 0.05) is 5.03 Å². The molecule has 0 heterocycles. The number of aliphatic carboxylic acids is 1. The lowest BCUT2D eigenvalue weighted by molar-refractivity contribution is -0.141. The van der Waals surface area contributed by atoms with E-state index in [2.05, 4.69) is 0 Å². The number of carboxylic acids is 1. The predicted octanol–water partition coefficient (Wildman–Crippen LogP) is 2.24. The van der Waals surface area contributed by atoms with Crippen molar-refractivity contribution >= 4 is 17.6 Å². The molecule has 0 saturated heterocycles. The van der Waals surface area contributed by atoms with Crippen molar-refractivity contribution in [2.45, 2.75) is 19.3 Å². The van der Waals surface area contributed by atoms with Gasteiger partial charge in [0.2, 0.25) is 0 Å². The molecule has 2 bridgehead atoms. The van der Waals surface area contributed by atoms with Gasteiger partial charge >= 0.3 is 5.97 Å². The van der Waals surface area contributed by atoms with Gasteiger partial charge in [0.25, 0.3) is 0 Å². The molecule has 2 nitrogen and oxygen atoms in total. The Morgan fingerprint density at radius 1 is 1.58 bits per heavy atom. The Kier molecular flexibility index (Phi) is 1.87. The summed E-state index contributed by atoms with van der Waals surface area (Å²) in [6.45, 7) is 0. The number of hydrogen-bond acceptors (Lipinski definition) is 1. The van der Waals surface area contributed by atoms with Gasteiger partial charge in [-0.3, -0.25) is 4.79 Å². The van der Waals surface area contributed by atoms with Crippen LogP contribution >= 0.6 is 11.6 Å². The lowest BCUT2D eigenvalue weighted by Gasteiger charge is -2.22. The molecular formula is C9H11ClO2. The topological polar surface area (TPSA) is 37.3 Å². The zero-order chi connectivity index (χ0) is 8.72. The summed E-state index contributed by atoms with van der Waals surface area (Å²) >= 11 is 5.89. The van der Waals surface area contributed by atoms with Gasteiger partial charge in [-0.2, -0.15) is 0 Å². The van der Waals surface area contributed by atoms with Gasteiger partial charge in [0.1, 0.15) is 0 Å². The summed E-state index contributed by atoms with van der Waals surface area (Å²) in [6.07, 6.45) is 5.09. The van der Waals surface area contributed by atoms with Crippen LogP contribution in [0.2, 0.25) is 0 Å². The van der Waals surface area contributed by atoms with Crippen molar-refractivity contribution in [3.05, 3.63) is 11.1 Å². The molecule has 3 heteroatoms. The Balaban J connectivity index is 2.28. The van der Waals surface area contributed by atoms with E-state index in [1.54, 1.807) is 0 Å². The second kappa shape index (κ2) is 2.77. The van der Waals surface area contributed by atoms with Gasteiger partial charge in [0.15, 0.2) is 0 Å². The lowest BCUT2D eigenvalue weighted by Crippen LogP contribution is -2.24. The van der Waals surface area contributed by atoms with Crippen LogP contribution in [0.4, 0.5) is 0 Å². The maximum absolute atomic E-state index is 10.8. The van der Waals surface area contributed by atoms with E-state index in [0.717, 1.165) is 19.3 Å². The third-order valence-electron chi connectivity index (χ3n) is 2.94. The Morgan fingerprint density at radius 2 is 2.33 bits per heavy atom. The average molecular weight is 187 g/mol. The molecule has 0 aromatic carbocycles. The fourth-order valence-corrected chi connectivity index (χ4v) is 2.83. The van der Waals surface area contributed by atoms with Crippen LogP contribution in [0.1, 0.15) is 19.3 Å².